The number of methoxy groups -OCH3 is 2. The fourth-order valence-corrected chi connectivity index (χ4v) is 3.03. The minimum absolute atomic E-state index is 0.0180. The molecular weight excluding hydrogens is 280 g/mol. The molecule has 2 rings (SSSR count). The zero-order valence-corrected chi connectivity index (χ0v) is 12.4. The van der Waals surface area contributed by atoms with Crippen LogP contribution in [0.5, 0.6) is 11.8 Å². The molecule has 1 atom stereocenters. The molecule has 0 aliphatic carbocycles. The fourth-order valence-electron chi connectivity index (χ4n) is 2.11. The maximum atomic E-state index is 12.1. The summed E-state index contributed by atoms with van der Waals surface area (Å²) in [6.45, 7) is 1.99. The first-order valence-electron chi connectivity index (χ1n) is 6.11. The molecular formula is C13H16N2O4S. The molecule has 1 aromatic heterocycles. The van der Waals surface area contributed by atoms with E-state index in [-0.39, 0.29) is 16.3 Å². The first-order chi connectivity index (χ1) is 9.55. The molecule has 0 spiro atoms. The third-order valence-corrected chi connectivity index (χ3v) is 3.91. The minimum Gasteiger partial charge on any atom is -0.481 e. The Hall–Kier alpha value is -1.76. The quantitative estimate of drug-likeness (QED) is 0.838. The standard InChI is InChI=1S/C13H16N2O4S/c1-8(16)20-9-6-12(17)15(7-9)10-4-5-11(18-2)14-13(10)19-3/h4-5,9H,6-7H2,1-3H3. The van der Waals surface area contributed by atoms with E-state index in [1.807, 2.05) is 0 Å². The van der Waals surface area contributed by atoms with E-state index >= 15 is 0 Å². The summed E-state index contributed by atoms with van der Waals surface area (Å²) >= 11 is 1.20. The van der Waals surface area contributed by atoms with E-state index in [9.17, 15) is 9.59 Å². The van der Waals surface area contributed by atoms with Gasteiger partial charge in [-0.15, -0.1) is 0 Å². The number of thioether (sulfide) groups is 1. The number of nitrogens with zero attached hydrogens (tertiary/aromatic N) is 2. The van der Waals surface area contributed by atoms with Gasteiger partial charge in [0.25, 0.3) is 0 Å². The summed E-state index contributed by atoms with van der Waals surface area (Å²) in [5, 5.41) is -0.00345. The number of anilines is 1. The van der Waals surface area contributed by atoms with Crippen molar-refractivity contribution in [1.29, 1.82) is 0 Å². The van der Waals surface area contributed by atoms with Crippen molar-refractivity contribution in [3.05, 3.63) is 12.1 Å². The van der Waals surface area contributed by atoms with Gasteiger partial charge >= 0.3 is 0 Å². The van der Waals surface area contributed by atoms with Crippen molar-refractivity contribution in [3.8, 4) is 11.8 Å². The van der Waals surface area contributed by atoms with Gasteiger partial charge in [0, 0.05) is 31.2 Å². The lowest BCUT2D eigenvalue weighted by molar-refractivity contribution is -0.117. The maximum Gasteiger partial charge on any atom is 0.241 e. The number of amides is 1. The normalized spacial score (nSPS) is 18.2. The largest absolute Gasteiger partial charge is 0.481 e. The van der Waals surface area contributed by atoms with Crippen molar-refractivity contribution in [1.82, 2.24) is 4.98 Å². The number of carbonyl (C=O) groups is 2. The van der Waals surface area contributed by atoms with Gasteiger partial charge in [0.2, 0.25) is 17.7 Å². The van der Waals surface area contributed by atoms with Gasteiger partial charge in [0.05, 0.1) is 14.2 Å². The molecule has 0 radical (unpaired) electrons. The van der Waals surface area contributed by atoms with Crippen LogP contribution >= 0.6 is 11.8 Å². The van der Waals surface area contributed by atoms with E-state index < -0.39 is 0 Å². The van der Waals surface area contributed by atoms with E-state index in [4.69, 9.17) is 9.47 Å². The Kier molecular flexibility index (Phi) is 4.49. The van der Waals surface area contributed by atoms with Crippen molar-refractivity contribution in [2.24, 2.45) is 0 Å². The van der Waals surface area contributed by atoms with E-state index in [0.29, 0.717) is 30.4 Å². The number of carbonyl (C=O) groups excluding carboxylic acids is 2. The molecule has 0 saturated carbocycles. The van der Waals surface area contributed by atoms with Gasteiger partial charge in [-0.3, -0.25) is 9.59 Å². The number of aromatic nitrogens is 1. The molecule has 1 amide bonds. The van der Waals surface area contributed by atoms with Crippen molar-refractivity contribution < 1.29 is 19.1 Å². The monoisotopic (exact) mass is 296 g/mol. The first-order valence-corrected chi connectivity index (χ1v) is 6.99. The Morgan fingerprint density at radius 2 is 2.15 bits per heavy atom. The Labute approximate surface area is 121 Å². The van der Waals surface area contributed by atoms with Crippen molar-refractivity contribution >= 4 is 28.5 Å². The molecule has 1 unspecified atom stereocenters. The SMILES string of the molecule is COc1ccc(N2CC(SC(C)=O)CC2=O)c(OC)n1. The second-order valence-electron chi connectivity index (χ2n) is 4.32. The smallest absolute Gasteiger partial charge is 0.241 e. The summed E-state index contributed by atoms with van der Waals surface area (Å²) in [5.41, 5.74) is 0.602. The van der Waals surface area contributed by atoms with Crippen LogP contribution in [-0.2, 0) is 9.59 Å². The molecule has 0 N–H and O–H groups in total. The maximum absolute atomic E-state index is 12.1. The summed E-state index contributed by atoms with van der Waals surface area (Å²) in [7, 11) is 3.01. The van der Waals surface area contributed by atoms with Gasteiger partial charge in [-0.2, -0.15) is 4.98 Å². The average Bonchev–Trinajstić information content (AvgIpc) is 2.77. The number of pyridine rings is 1. The predicted molar refractivity (Wildman–Crippen MR) is 76.4 cm³/mol. The van der Waals surface area contributed by atoms with Gasteiger partial charge in [0.15, 0.2) is 5.12 Å². The number of hydrogen-bond acceptors (Lipinski definition) is 6. The Morgan fingerprint density at radius 1 is 1.40 bits per heavy atom. The van der Waals surface area contributed by atoms with Gasteiger partial charge in [-0.25, -0.2) is 0 Å². The van der Waals surface area contributed by atoms with Crippen LogP contribution in [-0.4, -0.2) is 42.0 Å². The van der Waals surface area contributed by atoms with Crippen LogP contribution in [0.1, 0.15) is 13.3 Å². The van der Waals surface area contributed by atoms with Crippen LogP contribution in [0.3, 0.4) is 0 Å². The molecule has 1 aliphatic heterocycles. The average molecular weight is 296 g/mol. The number of rotatable bonds is 4. The highest BCUT2D eigenvalue weighted by molar-refractivity contribution is 8.14. The van der Waals surface area contributed by atoms with E-state index in [1.165, 1.54) is 32.9 Å². The Balaban J connectivity index is 2.23. The van der Waals surface area contributed by atoms with Crippen molar-refractivity contribution in [3.63, 3.8) is 0 Å². The molecule has 7 heteroatoms. The van der Waals surface area contributed by atoms with Crippen LogP contribution in [0.4, 0.5) is 5.69 Å². The van der Waals surface area contributed by atoms with Crippen LogP contribution in [0.2, 0.25) is 0 Å². The van der Waals surface area contributed by atoms with E-state index in [0.717, 1.165) is 0 Å². The van der Waals surface area contributed by atoms with E-state index in [1.54, 1.807) is 17.0 Å². The number of ether oxygens (including phenoxy) is 2. The molecule has 108 valence electrons. The Bertz CT molecular complexity index is 535. The highest BCUT2D eigenvalue weighted by atomic mass is 32.2. The summed E-state index contributed by atoms with van der Waals surface area (Å²) in [6.07, 6.45) is 0.347. The highest BCUT2D eigenvalue weighted by Crippen LogP contribution is 2.34. The molecule has 2 heterocycles. The van der Waals surface area contributed by atoms with Crippen LogP contribution in [0.25, 0.3) is 0 Å². The van der Waals surface area contributed by atoms with Gasteiger partial charge in [-0.05, 0) is 6.07 Å². The minimum atomic E-state index is -0.0333. The fraction of sp³-hybridized carbons (Fsp3) is 0.462. The second kappa shape index (κ2) is 6.13. The number of hydrogen-bond donors (Lipinski definition) is 0. The summed E-state index contributed by atoms with van der Waals surface area (Å²) in [6, 6.07) is 3.42. The van der Waals surface area contributed by atoms with Crippen LogP contribution in [0, 0.1) is 0 Å². The highest BCUT2D eigenvalue weighted by Gasteiger charge is 2.33. The summed E-state index contributed by atoms with van der Waals surface area (Å²) in [5.74, 6) is 0.729. The zero-order valence-electron chi connectivity index (χ0n) is 11.6. The summed E-state index contributed by atoms with van der Waals surface area (Å²) < 4.78 is 10.2. The predicted octanol–water partition coefficient (Wildman–Crippen LogP) is 1.48. The van der Waals surface area contributed by atoms with Gasteiger partial charge in [0.1, 0.15) is 5.69 Å². The molecule has 0 bridgehead atoms. The van der Waals surface area contributed by atoms with E-state index in [2.05, 4.69) is 4.98 Å². The molecule has 0 aromatic carbocycles. The van der Waals surface area contributed by atoms with Gasteiger partial charge in [-0.1, -0.05) is 11.8 Å². The molecule has 6 nitrogen and oxygen atoms in total. The third-order valence-electron chi connectivity index (χ3n) is 2.93. The lowest BCUT2D eigenvalue weighted by Crippen LogP contribution is -2.25. The lowest BCUT2D eigenvalue weighted by atomic mass is 10.3. The molecule has 1 aliphatic rings. The zero-order chi connectivity index (χ0) is 14.7. The molecule has 20 heavy (non-hydrogen) atoms. The molecule has 1 fully saturated rings. The third kappa shape index (κ3) is 3.04. The Morgan fingerprint density at radius 3 is 2.75 bits per heavy atom. The van der Waals surface area contributed by atoms with Crippen LogP contribution < -0.4 is 14.4 Å². The van der Waals surface area contributed by atoms with Gasteiger partial charge < -0.3 is 14.4 Å². The summed E-state index contributed by atoms with van der Waals surface area (Å²) in [4.78, 5) is 29.0. The van der Waals surface area contributed by atoms with Crippen LogP contribution in [0.15, 0.2) is 12.1 Å². The molecule has 1 saturated heterocycles. The first kappa shape index (κ1) is 14.6. The lowest BCUT2D eigenvalue weighted by Gasteiger charge is -2.18. The van der Waals surface area contributed by atoms with Crippen molar-refractivity contribution in [2.45, 2.75) is 18.6 Å². The second-order valence-corrected chi connectivity index (χ2v) is 5.80. The molecule has 1 aromatic rings. The topological polar surface area (TPSA) is 68.7 Å². The van der Waals surface area contributed by atoms with Crippen molar-refractivity contribution in [2.75, 3.05) is 25.7 Å².